The normalized spacial score (nSPS) is 10.6. The van der Waals surface area contributed by atoms with Gasteiger partial charge >= 0.3 is 0 Å². The molecule has 0 fully saturated rings. The lowest BCUT2D eigenvalue weighted by Crippen LogP contribution is -2.13. The molecule has 0 spiro atoms. The van der Waals surface area contributed by atoms with Crippen molar-refractivity contribution in [3.8, 4) is 5.75 Å². The topological polar surface area (TPSA) is 41.5 Å². The summed E-state index contributed by atoms with van der Waals surface area (Å²) in [5, 5.41) is 12.1. The average Bonchev–Trinajstić information content (AvgIpc) is 2.37. The highest BCUT2D eigenvalue weighted by Crippen LogP contribution is 2.26. The Bertz CT molecular complexity index is 345. The number of rotatable bonds is 9. The van der Waals surface area contributed by atoms with E-state index in [2.05, 4.69) is 40.3 Å². The van der Waals surface area contributed by atoms with Crippen molar-refractivity contribution in [3.05, 3.63) is 28.2 Å². The van der Waals surface area contributed by atoms with Gasteiger partial charge in [0.25, 0.3) is 0 Å². The number of halogens is 1. The molecule has 0 unspecified atom stereocenters. The molecule has 0 aromatic heterocycles. The monoisotopic (exact) mass is 315 g/mol. The first-order valence-corrected chi connectivity index (χ1v) is 7.30. The van der Waals surface area contributed by atoms with Gasteiger partial charge in [0.2, 0.25) is 0 Å². The summed E-state index contributed by atoms with van der Waals surface area (Å²) in [7, 11) is 0. The Hall–Kier alpha value is -0.580. The molecule has 3 nitrogen and oxygen atoms in total. The van der Waals surface area contributed by atoms with E-state index in [4.69, 9.17) is 9.84 Å². The van der Waals surface area contributed by atoms with Gasteiger partial charge in [0.05, 0.1) is 11.1 Å². The van der Waals surface area contributed by atoms with Crippen LogP contribution >= 0.6 is 15.9 Å². The van der Waals surface area contributed by atoms with E-state index in [1.165, 1.54) is 5.56 Å². The number of benzene rings is 1. The average molecular weight is 316 g/mol. The van der Waals surface area contributed by atoms with E-state index in [9.17, 15) is 0 Å². The van der Waals surface area contributed by atoms with E-state index in [0.29, 0.717) is 6.61 Å². The summed E-state index contributed by atoms with van der Waals surface area (Å²) in [5.74, 6) is 0.868. The van der Waals surface area contributed by atoms with Gasteiger partial charge < -0.3 is 15.2 Å². The third-order valence-corrected chi connectivity index (χ3v) is 3.18. The van der Waals surface area contributed by atoms with Gasteiger partial charge in [-0.1, -0.05) is 13.0 Å². The van der Waals surface area contributed by atoms with Crippen LogP contribution in [-0.4, -0.2) is 24.9 Å². The lowest BCUT2D eigenvalue weighted by atomic mass is 10.2. The quantitative estimate of drug-likeness (QED) is 0.688. The largest absolute Gasteiger partial charge is 0.492 e. The minimum absolute atomic E-state index is 0.229. The van der Waals surface area contributed by atoms with Crippen molar-refractivity contribution in [1.82, 2.24) is 5.32 Å². The van der Waals surface area contributed by atoms with Gasteiger partial charge in [0.15, 0.2) is 0 Å². The standard InChI is InChI=1S/C14H22BrNO2/c1-2-7-16-11-12-5-6-14(13(15)10-12)18-9-4-3-8-17/h5-6,10,16-17H,2-4,7-9,11H2,1H3. The van der Waals surface area contributed by atoms with Gasteiger partial charge in [-0.25, -0.2) is 0 Å². The first kappa shape index (κ1) is 15.5. The maximum Gasteiger partial charge on any atom is 0.133 e. The van der Waals surface area contributed by atoms with Crippen molar-refractivity contribution in [2.24, 2.45) is 0 Å². The first-order chi connectivity index (χ1) is 8.77. The van der Waals surface area contributed by atoms with E-state index in [0.717, 1.165) is 42.6 Å². The van der Waals surface area contributed by atoms with Crippen LogP contribution in [0.25, 0.3) is 0 Å². The molecule has 0 aliphatic carbocycles. The van der Waals surface area contributed by atoms with Crippen LogP contribution in [0, 0.1) is 0 Å². The van der Waals surface area contributed by atoms with Crippen molar-refractivity contribution >= 4 is 15.9 Å². The Morgan fingerprint density at radius 1 is 1.33 bits per heavy atom. The lowest BCUT2D eigenvalue weighted by molar-refractivity contribution is 0.252. The lowest BCUT2D eigenvalue weighted by Gasteiger charge is -2.10. The molecule has 0 saturated heterocycles. The highest BCUT2D eigenvalue weighted by Gasteiger charge is 2.02. The van der Waals surface area contributed by atoms with Crippen molar-refractivity contribution in [3.63, 3.8) is 0 Å². The van der Waals surface area contributed by atoms with Gasteiger partial charge in [-0.2, -0.15) is 0 Å². The highest BCUT2D eigenvalue weighted by molar-refractivity contribution is 9.10. The van der Waals surface area contributed by atoms with E-state index >= 15 is 0 Å². The Morgan fingerprint density at radius 2 is 2.17 bits per heavy atom. The van der Waals surface area contributed by atoms with E-state index in [-0.39, 0.29) is 6.61 Å². The molecule has 1 rings (SSSR count). The predicted octanol–water partition coefficient (Wildman–Crippen LogP) is 3.10. The molecule has 1 aromatic carbocycles. The molecule has 4 heteroatoms. The molecule has 0 bridgehead atoms. The molecule has 0 atom stereocenters. The van der Waals surface area contributed by atoms with Crippen LogP contribution < -0.4 is 10.1 Å². The second-order valence-electron chi connectivity index (χ2n) is 4.22. The van der Waals surface area contributed by atoms with Crippen LogP contribution in [0.4, 0.5) is 0 Å². The Labute approximate surface area is 118 Å². The van der Waals surface area contributed by atoms with Gasteiger partial charge in [-0.15, -0.1) is 0 Å². The van der Waals surface area contributed by atoms with Crippen molar-refractivity contribution in [1.29, 1.82) is 0 Å². The van der Waals surface area contributed by atoms with Crippen LogP contribution in [-0.2, 0) is 6.54 Å². The molecule has 102 valence electrons. The molecule has 0 saturated carbocycles. The van der Waals surface area contributed by atoms with Crippen LogP contribution in [0.1, 0.15) is 31.7 Å². The highest BCUT2D eigenvalue weighted by atomic mass is 79.9. The summed E-state index contributed by atoms with van der Waals surface area (Å²) in [4.78, 5) is 0. The minimum Gasteiger partial charge on any atom is -0.492 e. The smallest absolute Gasteiger partial charge is 0.133 e. The molecule has 1 aromatic rings. The first-order valence-electron chi connectivity index (χ1n) is 6.50. The van der Waals surface area contributed by atoms with Gasteiger partial charge in [-0.3, -0.25) is 0 Å². The van der Waals surface area contributed by atoms with Crippen molar-refractivity contribution < 1.29 is 9.84 Å². The number of hydrogen-bond donors (Lipinski definition) is 2. The molecule has 0 aliphatic heterocycles. The summed E-state index contributed by atoms with van der Waals surface area (Å²) in [6.07, 6.45) is 2.81. The molecule has 0 heterocycles. The minimum atomic E-state index is 0.229. The van der Waals surface area contributed by atoms with Gasteiger partial charge in [0.1, 0.15) is 5.75 Å². The third-order valence-electron chi connectivity index (χ3n) is 2.56. The van der Waals surface area contributed by atoms with E-state index < -0.39 is 0 Å². The maximum absolute atomic E-state index is 8.69. The SMILES string of the molecule is CCCNCc1ccc(OCCCCO)c(Br)c1. The summed E-state index contributed by atoms with van der Waals surface area (Å²) in [6, 6.07) is 6.16. The zero-order valence-corrected chi connectivity index (χ0v) is 12.5. The summed E-state index contributed by atoms with van der Waals surface area (Å²) >= 11 is 3.52. The number of hydrogen-bond acceptors (Lipinski definition) is 3. The third kappa shape index (κ3) is 5.85. The number of unbranched alkanes of at least 4 members (excludes halogenated alkanes) is 1. The van der Waals surface area contributed by atoms with Crippen LogP contribution in [0.15, 0.2) is 22.7 Å². The Balaban J connectivity index is 2.41. The zero-order chi connectivity index (χ0) is 13.2. The molecule has 0 amide bonds. The fourth-order valence-electron chi connectivity index (χ4n) is 1.58. The summed E-state index contributed by atoms with van der Waals surface area (Å²) in [5.41, 5.74) is 1.25. The molecular weight excluding hydrogens is 294 g/mol. The fraction of sp³-hybridized carbons (Fsp3) is 0.571. The fourth-order valence-corrected chi connectivity index (χ4v) is 2.12. The molecule has 2 N–H and O–H groups in total. The number of aliphatic hydroxyl groups is 1. The Kier molecular flexibility index (Phi) is 8.05. The van der Waals surface area contributed by atoms with Crippen LogP contribution in [0.5, 0.6) is 5.75 Å². The van der Waals surface area contributed by atoms with Gasteiger partial charge in [-0.05, 0) is 59.4 Å². The Morgan fingerprint density at radius 3 is 2.83 bits per heavy atom. The number of aliphatic hydroxyl groups excluding tert-OH is 1. The summed E-state index contributed by atoms with van der Waals surface area (Å²) in [6.45, 7) is 4.96. The second kappa shape index (κ2) is 9.36. The molecule has 0 radical (unpaired) electrons. The van der Waals surface area contributed by atoms with E-state index in [1.54, 1.807) is 0 Å². The van der Waals surface area contributed by atoms with Crippen LogP contribution in [0.3, 0.4) is 0 Å². The number of nitrogens with one attached hydrogen (secondary N) is 1. The summed E-state index contributed by atoms with van der Waals surface area (Å²) < 4.78 is 6.63. The molecule has 18 heavy (non-hydrogen) atoms. The maximum atomic E-state index is 8.69. The molecular formula is C14H22BrNO2. The van der Waals surface area contributed by atoms with Crippen LogP contribution in [0.2, 0.25) is 0 Å². The second-order valence-corrected chi connectivity index (χ2v) is 5.08. The molecule has 0 aliphatic rings. The van der Waals surface area contributed by atoms with E-state index in [1.807, 2.05) is 6.07 Å². The van der Waals surface area contributed by atoms with Crippen molar-refractivity contribution in [2.45, 2.75) is 32.7 Å². The predicted molar refractivity (Wildman–Crippen MR) is 78.0 cm³/mol. The zero-order valence-electron chi connectivity index (χ0n) is 10.9. The number of ether oxygens (including phenoxy) is 1. The van der Waals surface area contributed by atoms with Crippen molar-refractivity contribution in [2.75, 3.05) is 19.8 Å². The van der Waals surface area contributed by atoms with Gasteiger partial charge in [0, 0.05) is 13.2 Å².